The summed E-state index contributed by atoms with van der Waals surface area (Å²) >= 11 is 12.0. The molecule has 2 rings (SSSR count). The molecule has 2 nitrogen and oxygen atoms in total. The van der Waals surface area contributed by atoms with Crippen LogP contribution in [0.4, 0.5) is 0 Å². The summed E-state index contributed by atoms with van der Waals surface area (Å²) in [7, 11) is 0. The maximum Gasteiger partial charge on any atom is 0.320 e. The molecule has 0 amide bonds. The van der Waals surface area contributed by atoms with Crippen LogP contribution in [0.5, 0.6) is 5.75 Å². The Kier molecular flexibility index (Phi) is 3.85. The third kappa shape index (κ3) is 2.61. The quantitative estimate of drug-likeness (QED) is 0.458. The van der Waals surface area contributed by atoms with Crippen molar-refractivity contribution in [1.29, 1.82) is 0 Å². The Morgan fingerprint density at radius 1 is 1.42 bits per heavy atom. The number of hydrogen-bond acceptors (Lipinski definition) is 2. The molecule has 0 aliphatic heterocycles. The van der Waals surface area contributed by atoms with E-state index in [1.807, 2.05) is 24.3 Å². The molecule has 1 aliphatic carbocycles. The lowest BCUT2D eigenvalue weighted by Gasteiger charge is -2.17. The number of rotatable bonds is 4. The molecule has 1 aliphatic rings. The van der Waals surface area contributed by atoms with Crippen molar-refractivity contribution < 1.29 is 9.53 Å². The first kappa shape index (κ1) is 14.7. The summed E-state index contributed by atoms with van der Waals surface area (Å²) in [6.45, 7) is 5.95. The van der Waals surface area contributed by atoms with Gasteiger partial charge in [-0.3, -0.25) is 4.79 Å². The van der Waals surface area contributed by atoms with Gasteiger partial charge < -0.3 is 4.74 Å². The lowest BCUT2D eigenvalue weighted by molar-refractivity contribution is -0.139. The van der Waals surface area contributed by atoms with E-state index in [4.69, 9.17) is 27.9 Å². The molecule has 1 fully saturated rings. The van der Waals surface area contributed by atoms with E-state index in [9.17, 15) is 4.79 Å². The van der Waals surface area contributed by atoms with Gasteiger partial charge in [-0.05, 0) is 30.9 Å². The molecule has 0 N–H and O–H groups in total. The monoisotopic (exact) mass is 300 g/mol. The highest BCUT2D eigenvalue weighted by atomic mass is 35.5. The van der Waals surface area contributed by atoms with Gasteiger partial charge in [-0.25, -0.2) is 0 Å². The summed E-state index contributed by atoms with van der Waals surface area (Å²) in [6, 6.07) is 7.61. The van der Waals surface area contributed by atoms with Crippen LogP contribution in [0.15, 0.2) is 24.3 Å². The van der Waals surface area contributed by atoms with Crippen molar-refractivity contribution in [3.05, 3.63) is 29.8 Å². The molecule has 0 saturated heterocycles. The zero-order chi connectivity index (χ0) is 14.3. The fourth-order valence-corrected chi connectivity index (χ4v) is 2.72. The van der Waals surface area contributed by atoms with E-state index in [0.29, 0.717) is 18.1 Å². The fourth-order valence-electron chi connectivity index (χ4n) is 2.03. The lowest BCUT2D eigenvalue weighted by Crippen LogP contribution is -2.24. The van der Waals surface area contributed by atoms with E-state index in [1.165, 1.54) is 0 Å². The van der Waals surface area contributed by atoms with Gasteiger partial charge in [-0.15, -0.1) is 23.2 Å². The van der Waals surface area contributed by atoms with Crippen LogP contribution in [0.1, 0.15) is 45.1 Å². The van der Waals surface area contributed by atoms with Crippen molar-refractivity contribution in [3.63, 3.8) is 0 Å². The van der Waals surface area contributed by atoms with Gasteiger partial charge in [-0.1, -0.05) is 32.0 Å². The summed E-state index contributed by atoms with van der Waals surface area (Å²) in [4.78, 5) is 12.2. The third-order valence-corrected chi connectivity index (χ3v) is 5.07. The Morgan fingerprint density at radius 3 is 2.53 bits per heavy atom. The standard InChI is InChI=1S/C15H18Cl2O2/c1-4-10(2)11-7-5-6-8-12(11)19-13(18)14(3)9-15(14,16)17/h5-8,10H,4,9H2,1-3H3. The minimum Gasteiger partial charge on any atom is -0.426 e. The van der Waals surface area contributed by atoms with E-state index in [1.54, 1.807) is 6.92 Å². The lowest BCUT2D eigenvalue weighted by atomic mass is 9.98. The van der Waals surface area contributed by atoms with E-state index in [0.717, 1.165) is 12.0 Å². The average molecular weight is 301 g/mol. The van der Waals surface area contributed by atoms with Gasteiger partial charge >= 0.3 is 5.97 Å². The van der Waals surface area contributed by atoms with Crippen LogP contribution >= 0.6 is 23.2 Å². The molecule has 1 aromatic rings. The van der Waals surface area contributed by atoms with Crippen LogP contribution in [0.25, 0.3) is 0 Å². The largest absolute Gasteiger partial charge is 0.426 e. The van der Waals surface area contributed by atoms with Gasteiger partial charge in [0.25, 0.3) is 0 Å². The third-order valence-electron chi connectivity index (χ3n) is 3.97. The van der Waals surface area contributed by atoms with Crippen LogP contribution in [0, 0.1) is 5.41 Å². The van der Waals surface area contributed by atoms with E-state index in [-0.39, 0.29) is 5.97 Å². The normalized spacial score (nSPS) is 25.7. The second kappa shape index (κ2) is 4.99. The number of esters is 1. The number of ether oxygens (including phenoxy) is 1. The van der Waals surface area contributed by atoms with Crippen LogP contribution in [0.3, 0.4) is 0 Å². The first-order chi connectivity index (χ1) is 8.82. The van der Waals surface area contributed by atoms with Crippen LogP contribution < -0.4 is 4.74 Å². The average Bonchev–Trinajstić information content (AvgIpc) is 2.90. The Balaban J connectivity index is 2.19. The second-order valence-corrected chi connectivity index (χ2v) is 6.93. The molecular weight excluding hydrogens is 283 g/mol. The van der Waals surface area contributed by atoms with Crippen molar-refractivity contribution in [2.75, 3.05) is 0 Å². The first-order valence-electron chi connectivity index (χ1n) is 6.51. The summed E-state index contributed by atoms with van der Waals surface area (Å²) in [6.07, 6.45) is 1.42. The molecule has 4 heteroatoms. The fraction of sp³-hybridized carbons (Fsp3) is 0.533. The van der Waals surface area contributed by atoms with Gasteiger partial charge in [0.15, 0.2) is 0 Å². The number of alkyl halides is 2. The zero-order valence-corrected chi connectivity index (χ0v) is 12.9. The van der Waals surface area contributed by atoms with Gasteiger partial charge in [0, 0.05) is 6.42 Å². The van der Waals surface area contributed by atoms with Crippen LogP contribution in [0.2, 0.25) is 0 Å². The molecule has 104 valence electrons. The minimum atomic E-state index is -0.991. The number of benzene rings is 1. The van der Waals surface area contributed by atoms with E-state index in [2.05, 4.69) is 13.8 Å². The van der Waals surface area contributed by atoms with E-state index >= 15 is 0 Å². The second-order valence-electron chi connectivity index (χ2n) is 5.45. The van der Waals surface area contributed by atoms with Gasteiger partial charge in [0.05, 0.1) is 0 Å². The maximum absolute atomic E-state index is 12.2. The molecule has 2 atom stereocenters. The molecule has 2 unspecified atom stereocenters. The Labute approximate surface area is 124 Å². The summed E-state index contributed by atoms with van der Waals surface area (Å²) in [5, 5.41) is 0. The minimum absolute atomic E-state index is 0.341. The molecule has 0 heterocycles. The van der Waals surface area contributed by atoms with E-state index < -0.39 is 9.75 Å². The predicted molar refractivity (Wildman–Crippen MR) is 77.9 cm³/mol. The van der Waals surface area contributed by atoms with Crippen molar-refractivity contribution in [3.8, 4) is 5.75 Å². The Bertz CT molecular complexity index is 499. The first-order valence-corrected chi connectivity index (χ1v) is 7.26. The maximum atomic E-state index is 12.2. The molecular formula is C15H18Cl2O2. The van der Waals surface area contributed by atoms with Crippen molar-refractivity contribution >= 4 is 29.2 Å². The van der Waals surface area contributed by atoms with Gasteiger partial charge in [0.2, 0.25) is 0 Å². The summed E-state index contributed by atoms with van der Waals surface area (Å²) < 4.78 is 4.53. The highest BCUT2D eigenvalue weighted by molar-refractivity contribution is 6.53. The number of carbonyl (C=O) groups is 1. The molecule has 0 spiro atoms. The van der Waals surface area contributed by atoms with Crippen LogP contribution in [-0.4, -0.2) is 10.3 Å². The predicted octanol–water partition coefficient (Wildman–Crippen LogP) is 4.69. The molecule has 1 saturated carbocycles. The summed E-state index contributed by atoms with van der Waals surface area (Å²) in [5.41, 5.74) is 0.246. The van der Waals surface area contributed by atoms with Crippen molar-refractivity contribution in [2.45, 2.75) is 43.9 Å². The Hall–Kier alpha value is -0.730. The number of halogens is 2. The molecule has 0 radical (unpaired) electrons. The number of hydrogen-bond donors (Lipinski definition) is 0. The highest BCUT2D eigenvalue weighted by Gasteiger charge is 2.69. The van der Waals surface area contributed by atoms with Crippen LogP contribution in [-0.2, 0) is 4.79 Å². The zero-order valence-electron chi connectivity index (χ0n) is 11.4. The topological polar surface area (TPSA) is 26.3 Å². The molecule has 1 aromatic carbocycles. The highest BCUT2D eigenvalue weighted by Crippen LogP contribution is 2.64. The smallest absolute Gasteiger partial charge is 0.320 e. The van der Waals surface area contributed by atoms with Gasteiger partial charge in [0.1, 0.15) is 15.5 Å². The number of para-hydroxylation sites is 1. The van der Waals surface area contributed by atoms with Gasteiger partial charge in [-0.2, -0.15) is 0 Å². The molecule has 19 heavy (non-hydrogen) atoms. The molecule has 0 aromatic heterocycles. The number of carbonyl (C=O) groups excluding carboxylic acids is 1. The SMILES string of the molecule is CCC(C)c1ccccc1OC(=O)C1(C)CC1(Cl)Cl. The Morgan fingerprint density at radius 2 is 2.00 bits per heavy atom. The summed E-state index contributed by atoms with van der Waals surface area (Å²) in [5.74, 6) is 0.597. The van der Waals surface area contributed by atoms with Crippen molar-refractivity contribution in [1.82, 2.24) is 0 Å². The van der Waals surface area contributed by atoms with Crippen molar-refractivity contribution in [2.24, 2.45) is 5.41 Å². The molecule has 0 bridgehead atoms.